The van der Waals surface area contributed by atoms with E-state index < -0.39 is 5.91 Å². The van der Waals surface area contributed by atoms with Gasteiger partial charge in [0.2, 0.25) is 5.91 Å². The van der Waals surface area contributed by atoms with Gasteiger partial charge in [-0.2, -0.15) is 0 Å². The van der Waals surface area contributed by atoms with Gasteiger partial charge in [-0.3, -0.25) is 4.79 Å². The van der Waals surface area contributed by atoms with E-state index in [2.05, 4.69) is 0 Å². The molecule has 0 aliphatic carbocycles. The van der Waals surface area contributed by atoms with Gasteiger partial charge in [0, 0.05) is 12.0 Å². The molecule has 0 saturated carbocycles. The van der Waals surface area contributed by atoms with E-state index in [0.29, 0.717) is 12.0 Å². The van der Waals surface area contributed by atoms with Gasteiger partial charge in [0.25, 0.3) is 0 Å². The number of hydrogen-bond donors (Lipinski definition) is 1. The molecule has 2 N–H and O–H groups in total. The first-order chi connectivity index (χ1) is 6.74. The van der Waals surface area contributed by atoms with Crippen LogP contribution in [0.4, 0.5) is 0 Å². The first-order valence-corrected chi connectivity index (χ1v) is 4.56. The molecule has 0 fully saturated rings. The smallest absolute Gasteiger partial charge is 0.248 e. The molecule has 3 nitrogen and oxygen atoms in total. The fourth-order valence-corrected chi connectivity index (χ4v) is 1.23. The molecule has 1 rings (SSSR count). The molecule has 1 amide bonds. The molecule has 3 heteroatoms. The first-order valence-electron chi connectivity index (χ1n) is 4.56. The SMILES string of the molecule is NC(=O)c1ccc(CCCC=O)cc1. The Morgan fingerprint density at radius 1 is 1.29 bits per heavy atom. The standard InChI is InChI=1S/C11H13NO2/c12-11(14)10-6-4-9(5-7-10)3-1-2-8-13/h4-8H,1-3H2,(H2,12,14). The minimum atomic E-state index is -0.413. The summed E-state index contributed by atoms with van der Waals surface area (Å²) in [6.45, 7) is 0. The van der Waals surface area contributed by atoms with Gasteiger partial charge < -0.3 is 10.5 Å². The van der Waals surface area contributed by atoms with Crippen molar-refractivity contribution in [3.63, 3.8) is 0 Å². The third-order valence-corrected chi connectivity index (χ3v) is 2.03. The van der Waals surface area contributed by atoms with E-state index in [-0.39, 0.29) is 0 Å². The topological polar surface area (TPSA) is 60.2 Å². The Balaban J connectivity index is 2.55. The summed E-state index contributed by atoms with van der Waals surface area (Å²) < 4.78 is 0. The van der Waals surface area contributed by atoms with Gasteiger partial charge in [-0.15, -0.1) is 0 Å². The van der Waals surface area contributed by atoms with Gasteiger partial charge in [0.05, 0.1) is 0 Å². The van der Waals surface area contributed by atoms with Gasteiger partial charge in [0.1, 0.15) is 6.29 Å². The van der Waals surface area contributed by atoms with E-state index in [1.165, 1.54) is 0 Å². The predicted octanol–water partition coefficient (Wildman–Crippen LogP) is 1.31. The summed E-state index contributed by atoms with van der Waals surface area (Å²) in [6, 6.07) is 7.15. The van der Waals surface area contributed by atoms with Gasteiger partial charge in [-0.25, -0.2) is 0 Å². The monoisotopic (exact) mass is 191 g/mol. The van der Waals surface area contributed by atoms with Crippen LogP contribution < -0.4 is 5.73 Å². The predicted molar refractivity (Wildman–Crippen MR) is 54.0 cm³/mol. The van der Waals surface area contributed by atoms with Crippen LogP contribution in [0.3, 0.4) is 0 Å². The first kappa shape index (κ1) is 10.4. The normalized spacial score (nSPS) is 9.71. The Labute approximate surface area is 82.9 Å². The molecule has 0 aliphatic rings. The second kappa shape index (κ2) is 5.17. The lowest BCUT2D eigenvalue weighted by molar-refractivity contribution is -0.107. The number of unbranched alkanes of at least 4 members (excludes halogenated alkanes) is 1. The number of benzene rings is 1. The minimum Gasteiger partial charge on any atom is -0.366 e. The summed E-state index contributed by atoms with van der Waals surface area (Å²) >= 11 is 0. The van der Waals surface area contributed by atoms with Crippen molar-refractivity contribution in [1.82, 2.24) is 0 Å². The lowest BCUT2D eigenvalue weighted by atomic mass is 10.1. The van der Waals surface area contributed by atoms with Crippen molar-refractivity contribution in [3.8, 4) is 0 Å². The van der Waals surface area contributed by atoms with Crippen molar-refractivity contribution in [2.75, 3.05) is 0 Å². The van der Waals surface area contributed by atoms with Gasteiger partial charge in [0.15, 0.2) is 0 Å². The van der Waals surface area contributed by atoms with Crippen molar-refractivity contribution in [1.29, 1.82) is 0 Å². The van der Waals surface area contributed by atoms with E-state index in [1.54, 1.807) is 12.1 Å². The highest BCUT2D eigenvalue weighted by atomic mass is 16.1. The fraction of sp³-hybridized carbons (Fsp3) is 0.273. The van der Waals surface area contributed by atoms with Crippen LogP contribution in [0, 0.1) is 0 Å². The highest BCUT2D eigenvalue weighted by Crippen LogP contribution is 2.06. The summed E-state index contributed by atoms with van der Waals surface area (Å²) in [7, 11) is 0. The van der Waals surface area contributed by atoms with Gasteiger partial charge >= 0.3 is 0 Å². The third-order valence-electron chi connectivity index (χ3n) is 2.03. The highest BCUT2D eigenvalue weighted by Gasteiger charge is 1.99. The van der Waals surface area contributed by atoms with E-state index in [4.69, 9.17) is 5.73 Å². The van der Waals surface area contributed by atoms with E-state index in [1.807, 2.05) is 12.1 Å². The van der Waals surface area contributed by atoms with Crippen LogP contribution in [0.25, 0.3) is 0 Å². The van der Waals surface area contributed by atoms with Crippen LogP contribution in [0.2, 0.25) is 0 Å². The number of aryl methyl sites for hydroxylation is 1. The molecule has 0 spiro atoms. The Morgan fingerprint density at radius 3 is 2.43 bits per heavy atom. The number of rotatable bonds is 5. The molecule has 0 atom stereocenters. The molecule has 14 heavy (non-hydrogen) atoms. The van der Waals surface area contributed by atoms with Crippen LogP contribution in [-0.2, 0) is 11.2 Å². The molecular formula is C11H13NO2. The lowest BCUT2D eigenvalue weighted by Crippen LogP contribution is -2.10. The molecule has 0 aromatic heterocycles. The number of hydrogen-bond acceptors (Lipinski definition) is 2. The number of carbonyl (C=O) groups excluding carboxylic acids is 2. The summed E-state index contributed by atoms with van der Waals surface area (Å²) in [6.07, 6.45) is 3.20. The van der Waals surface area contributed by atoms with Gasteiger partial charge in [-0.05, 0) is 30.5 Å². The quantitative estimate of drug-likeness (QED) is 0.563. The Kier molecular flexibility index (Phi) is 3.85. The van der Waals surface area contributed by atoms with Crippen molar-refractivity contribution in [2.24, 2.45) is 5.73 Å². The second-order valence-corrected chi connectivity index (χ2v) is 3.12. The molecule has 0 heterocycles. The number of aldehydes is 1. The minimum absolute atomic E-state index is 0.413. The molecule has 0 aliphatic heterocycles. The third kappa shape index (κ3) is 3.01. The summed E-state index contributed by atoms with van der Waals surface area (Å²) in [5, 5.41) is 0. The summed E-state index contributed by atoms with van der Waals surface area (Å²) in [4.78, 5) is 20.8. The average molecular weight is 191 g/mol. The number of carbonyl (C=O) groups is 2. The molecular weight excluding hydrogens is 178 g/mol. The Morgan fingerprint density at radius 2 is 1.93 bits per heavy atom. The molecule has 0 radical (unpaired) electrons. The highest BCUT2D eigenvalue weighted by molar-refractivity contribution is 5.92. The van der Waals surface area contributed by atoms with Crippen molar-refractivity contribution in [3.05, 3.63) is 35.4 Å². The molecule has 0 unspecified atom stereocenters. The van der Waals surface area contributed by atoms with Crippen LogP contribution in [0.5, 0.6) is 0 Å². The maximum Gasteiger partial charge on any atom is 0.248 e. The number of amides is 1. The number of nitrogens with two attached hydrogens (primary N) is 1. The lowest BCUT2D eigenvalue weighted by Gasteiger charge is -2.00. The van der Waals surface area contributed by atoms with Gasteiger partial charge in [-0.1, -0.05) is 12.1 Å². The summed E-state index contributed by atoms with van der Waals surface area (Å²) in [5.41, 5.74) is 6.74. The summed E-state index contributed by atoms with van der Waals surface area (Å²) in [5.74, 6) is -0.413. The maximum absolute atomic E-state index is 10.7. The Bertz CT molecular complexity index is 317. The van der Waals surface area contributed by atoms with Crippen molar-refractivity contribution < 1.29 is 9.59 Å². The zero-order valence-electron chi connectivity index (χ0n) is 7.90. The van der Waals surface area contributed by atoms with E-state index in [0.717, 1.165) is 24.7 Å². The van der Waals surface area contributed by atoms with Crippen molar-refractivity contribution >= 4 is 12.2 Å². The van der Waals surface area contributed by atoms with Crippen LogP contribution in [0.15, 0.2) is 24.3 Å². The Hall–Kier alpha value is -1.64. The zero-order valence-corrected chi connectivity index (χ0v) is 7.90. The molecule has 1 aromatic rings. The van der Waals surface area contributed by atoms with Crippen LogP contribution >= 0.6 is 0 Å². The van der Waals surface area contributed by atoms with E-state index in [9.17, 15) is 9.59 Å². The molecule has 74 valence electrons. The molecule has 1 aromatic carbocycles. The fourth-order valence-electron chi connectivity index (χ4n) is 1.23. The zero-order chi connectivity index (χ0) is 10.4. The number of primary amides is 1. The molecule has 0 saturated heterocycles. The molecule has 0 bridgehead atoms. The van der Waals surface area contributed by atoms with Crippen LogP contribution in [0.1, 0.15) is 28.8 Å². The average Bonchev–Trinajstić information content (AvgIpc) is 2.19. The van der Waals surface area contributed by atoms with Crippen LogP contribution in [-0.4, -0.2) is 12.2 Å². The second-order valence-electron chi connectivity index (χ2n) is 3.12. The van der Waals surface area contributed by atoms with E-state index >= 15 is 0 Å². The largest absolute Gasteiger partial charge is 0.366 e. The maximum atomic E-state index is 10.7. The van der Waals surface area contributed by atoms with Crippen molar-refractivity contribution in [2.45, 2.75) is 19.3 Å².